The zero-order chi connectivity index (χ0) is 28.2. The zero-order valence-corrected chi connectivity index (χ0v) is 24.1. The van der Waals surface area contributed by atoms with Crippen molar-refractivity contribution in [2.75, 3.05) is 46.6 Å². The summed E-state index contributed by atoms with van der Waals surface area (Å²) in [5.41, 5.74) is 3.81. The van der Waals surface area contributed by atoms with E-state index < -0.39 is 17.9 Å². The van der Waals surface area contributed by atoms with Crippen LogP contribution in [0.4, 0.5) is 0 Å². The minimum absolute atomic E-state index is 0.00587. The molecule has 212 valence electrons. The maximum absolute atomic E-state index is 13.2. The molecule has 0 saturated carbocycles. The lowest BCUT2D eigenvalue weighted by Crippen LogP contribution is -2.47. The van der Waals surface area contributed by atoms with Crippen molar-refractivity contribution < 1.29 is 33.4 Å². The molecule has 39 heavy (non-hydrogen) atoms. The van der Waals surface area contributed by atoms with Crippen LogP contribution in [-0.2, 0) is 36.9 Å². The van der Waals surface area contributed by atoms with Crippen LogP contribution in [0.25, 0.3) is 11.1 Å². The molecule has 0 aromatic heterocycles. The number of esters is 1. The molecule has 2 aromatic carbocycles. The Morgan fingerprint density at radius 1 is 1.00 bits per heavy atom. The summed E-state index contributed by atoms with van der Waals surface area (Å²) in [6.07, 6.45) is 1.93. The summed E-state index contributed by atoms with van der Waals surface area (Å²) >= 11 is 1.85. The maximum Gasteiger partial charge on any atom is 0.328 e. The SMILES string of the molecule is CCOCc1cc(OC)c(-c2ccc(C[C@H](NC(=O)C(=NOC)C3CCSCC3)C(=O)OC)cc2)c(OC)c1. The highest BCUT2D eigenvalue weighted by Gasteiger charge is 2.30. The fourth-order valence-electron chi connectivity index (χ4n) is 4.54. The molecule has 0 spiro atoms. The minimum atomic E-state index is -0.879. The lowest BCUT2D eigenvalue weighted by Gasteiger charge is -2.23. The predicted octanol–water partition coefficient (Wildman–Crippen LogP) is 4.25. The molecule has 1 N–H and O–H groups in total. The summed E-state index contributed by atoms with van der Waals surface area (Å²) in [7, 11) is 5.96. The fraction of sp³-hybridized carbons (Fsp3) is 0.483. The summed E-state index contributed by atoms with van der Waals surface area (Å²) in [6.45, 7) is 3.02. The lowest BCUT2D eigenvalue weighted by atomic mass is 9.95. The van der Waals surface area contributed by atoms with Gasteiger partial charge in [0.1, 0.15) is 30.4 Å². The topological polar surface area (TPSA) is 105 Å². The molecule has 0 unspecified atom stereocenters. The minimum Gasteiger partial charge on any atom is -0.496 e. The number of hydrogen-bond donors (Lipinski definition) is 1. The first-order valence-electron chi connectivity index (χ1n) is 12.9. The van der Waals surface area contributed by atoms with E-state index in [0.29, 0.717) is 30.4 Å². The Labute approximate surface area is 234 Å². The second-order valence-electron chi connectivity index (χ2n) is 9.01. The Morgan fingerprint density at radius 3 is 2.18 bits per heavy atom. The molecule has 0 aliphatic carbocycles. The number of carbonyl (C=O) groups is 2. The van der Waals surface area contributed by atoms with E-state index in [1.807, 2.05) is 55.1 Å². The number of amides is 1. The number of carbonyl (C=O) groups excluding carboxylic acids is 2. The van der Waals surface area contributed by atoms with Gasteiger partial charge < -0.3 is 29.1 Å². The quantitative estimate of drug-likeness (QED) is 0.221. The molecular formula is C29H38N2O7S. The van der Waals surface area contributed by atoms with Crippen LogP contribution in [0.1, 0.15) is 30.9 Å². The van der Waals surface area contributed by atoms with Gasteiger partial charge in [0, 0.05) is 18.9 Å². The largest absolute Gasteiger partial charge is 0.496 e. The van der Waals surface area contributed by atoms with Gasteiger partial charge in [0.25, 0.3) is 5.91 Å². The Bertz CT molecular complexity index is 1110. The van der Waals surface area contributed by atoms with Gasteiger partial charge in [-0.1, -0.05) is 29.4 Å². The van der Waals surface area contributed by atoms with Crippen molar-refractivity contribution in [2.45, 2.75) is 38.8 Å². The first-order valence-corrected chi connectivity index (χ1v) is 14.1. The predicted molar refractivity (Wildman–Crippen MR) is 152 cm³/mol. The number of rotatable bonds is 13. The zero-order valence-electron chi connectivity index (χ0n) is 23.3. The summed E-state index contributed by atoms with van der Waals surface area (Å²) in [6, 6.07) is 10.7. The van der Waals surface area contributed by atoms with Gasteiger partial charge in [0.05, 0.1) is 33.5 Å². The van der Waals surface area contributed by atoms with E-state index >= 15 is 0 Å². The average Bonchev–Trinajstić information content (AvgIpc) is 2.98. The van der Waals surface area contributed by atoms with Crippen LogP contribution >= 0.6 is 11.8 Å². The molecule has 1 heterocycles. The molecule has 3 rings (SSSR count). The maximum atomic E-state index is 13.2. The van der Waals surface area contributed by atoms with E-state index in [2.05, 4.69) is 10.5 Å². The van der Waals surface area contributed by atoms with Crippen molar-refractivity contribution in [3.8, 4) is 22.6 Å². The molecule has 1 aliphatic heterocycles. The second-order valence-corrected chi connectivity index (χ2v) is 10.2. The summed E-state index contributed by atoms with van der Waals surface area (Å²) in [4.78, 5) is 30.7. The van der Waals surface area contributed by atoms with Crippen molar-refractivity contribution >= 4 is 29.4 Å². The van der Waals surface area contributed by atoms with Gasteiger partial charge >= 0.3 is 5.97 Å². The highest BCUT2D eigenvalue weighted by atomic mass is 32.2. The standard InChI is InChI=1S/C29H38N2O7S/c1-6-38-18-20-16-24(34-2)26(25(17-20)35-3)21-9-7-19(8-10-21)15-23(29(33)36-4)30-28(32)27(31-37-5)22-11-13-39-14-12-22/h7-10,16-17,22-23H,6,11-15,18H2,1-5H3,(H,30,32)/t23-/m0/s1. The number of nitrogens with one attached hydrogen (secondary N) is 1. The molecule has 9 nitrogen and oxygen atoms in total. The molecule has 1 amide bonds. The molecule has 1 aliphatic rings. The molecule has 2 aromatic rings. The number of oxime groups is 1. The number of hydrogen-bond acceptors (Lipinski definition) is 9. The van der Waals surface area contributed by atoms with Crippen LogP contribution in [0.15, 0.2) is 41.6 Å². The molecule has 10 heteroatoms. The van der Waals surface area contributed by atoms with Crippen molar-refractivity contribution in [3.63, 3.8) is 0 Å². The number of benzene rings is 2. The molecule has 0 bridgehead atoms. The second kappa shape index (κ2) is 15.4. The summed E-state index contributed by atoms with van der Waals surface area (Å²) in [5.74, 6) is 2.30. The van der Waals surface area contributed by atoms with Crippen molar-refractivity contribution in [2.24, 2.45) is 11.1 Å². The fourth-order valence-corrected chi connectivity index (χ4v) is 5.64. The number of thioether (sulfide) groups is 1. The molecule has 1 atom stereocenters. The third kappa shape index (κ3) is 8.12. The van der Waals surface area contributed by atoms with Crippen molar-refractivity contribution in [1.29, 1.82) is 0 Å². The van der Waals surface area contributed by atoms with Crippen LogP contribution in [0.2, 0.25) is 0 Å². The van der Waals surface area contributed by atoms with E-state index in [-0.39, 0.29) is 12.3 Å². The smallest absolute Gasteiger partial charge is 0.328 e. The van der Waals surface area contributed by atoms with E-state index in [9.17, 15) is 9.59 Å². The number of ether oxygens (including phenoxy) is 4. The highest BCUT2D eigenvalue weighted by molar-refractivity contribution is 7.99. The molecular weight excluding hydrogens is 520 g/mol. The highest BCUT2D eigenvalue weighted by Crippen LogP contribution is 2.40. The van der Waals surface area contributed by atoms with Gasteiger partial charge in [-0.15, -0.1) is 0 Å². The molecule has 1 fully saturated rings. The number of methoxy groups -OCH3 is 3. The van der Waals surface area contributed by atoms with Crippen LogP contribution in [0.3, 0.4) is 0 Å². The van der Waals surface area contributed by atoms with Crippen LogP contribution in [-0.4, -0.2) is 70.2 Å². The normalized spacial score (nSPS) is 14.8. The van der Waals surface area contributed by atoms with E-state index in [1.165, 1.54) is 14.2 Å². The number of nitrogens with zero attached hydrogens (tertiary/aromatic N) is 1. The summed E-state index contributed by atoms with van der Waals surface area (Å²) < 4.78 is 21.9. The molecule has 0 radical (unpaired) electrons. The first kappa shape index (κ1) is 30.3. The third-order valence-electron chi connectivity index (χ3n) is 6.54. The van der Waals surface area contributed by atoms with Gasteiger partial charge in [0.2, 0.25) is 0 Å². The Balaban J connectivity index is 1.81. The van der Waals surface area contributed by atoms with Crippen molar-refractivity contribution in [3.05, 3.63) is 47.5 Å². The van der Waals surface area contributed by atoms with Gasteiger partial charge in [-0.05, 0) is 60.1 Å². The van der Waals surface area contributed by atoms with Crippen LogP contribution < -0.4 is 14.8 Å². The third-order valence-corrected chi connectivity index (χ3v) is 7.59. The van der Waals surface area contributed by atoms with Gasteiger partial charge in [-0.2, -0.15) is 11.8 Å². The average molecular weight is 559 g/mol. The first-order chi connectivity index (χ1) is 18.9. The van der Waals surface area contributed by atoms with Crippen LogP contribution in [0, 0.1) is 5.92 Å². The van der Waals surface area contributed by atoms with Gasteiger partial charge in [-0.3, -0.25) is 4.79 Å². The Hall–Kier alpha value is -3.24. The molecule has 1 saturated heterocycles. The van der Waals surface area contributed by atoms with Crippen LogP contribution in [0.5, 0.6) is 11.5 Å². The van der Waals surface area contributed by atoms with E-state index in [0.717, 1.165) is 46.6 Å². The lowest BCUT2D eigenvalue weighted by molar-refractivity contribution is -0.144. The monoisotopic (exact) mass is 558 g/mol. The summed E-state index contributed by atoms with van der Waals surface area (Å²) in [5, 5.41) is 6.83. The Kier molecular flexibility index (Phi) is 11.9. The van der Waals surface area contributed by atoms with Gasteiger partial charge in [-0.25, -0.2) is 4.79 Å². The van der Waals surface area contributed by atoms with E-state index in [1.54, 1.807) is 14.2 Å². The van der Waals surface area contributed by atoms with E-state index in [4.69, 9.17) is 23.8 Å². The van der Waals surface area contributed by atoms with Gasteiger partial charge in [0.15, 0.2) is 0 Å². The Morgan fingerprint density at radius 2 is 1.64 bits per heavy atom. The van der Waals surface area contributed by atoms with Crippen molar-refractivity contribution in [1.82, 2.24) is 5.32 Å².